The molecule has 1 amide bonds. The molecule has 2 aromatic rings. The number of carbonyl (C=O) groups is 1. The minimum absolute atomic E-state index is 0.0143. The number of amides is 1. The Labute approximate surface area is 111 Å². The predicted octanol–water partition coefficient (Wildman–Crippen LogP) is 3.57. The van der Waals surface area contributed by atoms with Gasteiger partial charge in [-0.15, -0.1) is 0 Å². The van der Waals surface area contributed by atoms with E-state index in [1.807, 2.05) is 18.2 Å². The summed E-state index contributed by atoms with van der Waals surface area (Å²) in [6, 6.07) is 15.9. The number of hydrogen-bond donors (Lipinski definition) is 1. The minimum atomic E-state index is -0.299. The maximum Gasteiger partial charge on any atom is 0.228 e. The molecule has 3 rings (SSSR count). The maximum absolute atomic E-state index is 12.8. The molecule has 1 aliphatic rings. The average Bonchev–Trinajstić information content (AvgIpc) is 3.23. The highest BCUT2D eigenvalue weighted by atomic mass is 19.1. The fourth-order valence-electron chi connectivity index (χ4n) is 2.32. The van der Waals surface area contributed by atoms with Gasteiger partial charge >= 0.3 is 0 Å². The smallest absolute Gasteiger partial charge is 0.228 e. The summed E-state index contributed by atoms with van der Waals surface area (Å²) in [6.07, 6.45) is 0.886. The third kappa shape index (κ3) is 2.65. The van der Waals surface area contributed by atoms with Crippen LogP contribution in [0.2, 0.25) is 0 Å². The molecule has 96 valence electrons. The molecule has 0 aromatic heterocycles. The van der Waals surface area contributed by atoms with Crippen molar-refractivity contribution in [3.05, 3.63) is 66.0 Å². The first-order valence-corrected chi connectivity index (χ1v) is 6.35. The Morgan fingerprint density at radius 1 is 1.05 bits per heavy atom. The van der Waals surface area contributed by atoms with Crippen LogP contribution in [0.4, 0.5) is 10.1 Å². The van der Waals surface area contributed by atoms with E-state index >= 15 is 0 Å². The molecule has 19 heavy (non-hydrogen) atoms. The molecular formula is C16H14FNO. The van der Waals surface area contributed by atoms with Crippen molar-refractivity contribution in [1.82, 2.24) is 0 Å². The molecule has 1 saturated carbocycles. The predicted molar refractivity (Wildman–Crippen MR) is 72.3 cm³/mol. The van der Waals surface area contributed by atoms with Gasteiger partial charge in [0.05, 0.1) is 0 Å². The minimum Gasteiger partial charge on any atom is -0.326 e. The quantitative estimate of drug-likeness (QED) is 0.892. The molecule has 0 radical (unpaired) electrons. The van der Waals surface area contributed by atoms with Crippen LogP contribution in [0.3, 0.4) is 0 Å². The van der Waals surface area contributed by atoms with Gasteiger partial charge in [-0.1, -0.05) is 30.3 Å². The zero-order chi connectivity index (χ0) is 13.2. The number of halogens is 1. The molecule has 2 atom stereocenters. The Morgan fingerprint density at radius 2 is 1.74 bits per heavy atom. The van der Waals surface area contributed by atoms with Crippen LogP contribution >= 0.6 is 0 Å². The topological polar surface area (TPSA) is 29.1 Å². The molecular weight excluding hydrogens is 241 g/mol. The van der Waals surface area contributed by atoms with E-state index in [4.69, 9.17) is 0 Å². The van der Waals surface area contributed by atoms with E-state index in [-0.39, 0.29) is 17.6 Å². The van der Waals surface area contributed by atoms with Gasteiger partial charge < -0.3 is 5.32 Å². The summed E-state index contributed by atoms with van der Waals surface area (Å²) in [5, 5.41) is 2.83. The summed E-state index contributed by atoms with van der Waals surface area (Å²) < 4.78 is 12.8. The third-order valence-electron chi connectivity index (χ3n) is 3.47. The van der Waals surface area contributed by atoms with Crippen molar-refractivity contribution >= 4 is 11.6 Å². The Balaban J connectivity index is 1.63. The number of anilines is 1. The van der Waals surface area contributed by atoms with Crippen LogP contribution in [-0.4, -0.2) is 5.91 Å². The Hall–Kier alpha value is -2.16. The zero-order valence-corrected chi connectivity index (χ0v) is 10.3. The largest absolute Gasteiger partial charge is 0.326 e. The lowest BCUT2D eigenvalue weighted by atomic mass is 10.1. The number of nitrogens with one attached hydrogen (secondary N) is 1. The van der Waals surface area contributed by atoms with Crippen molar-refractivity contribution in [3.8, 4) is 0 Å². The standard InChI is InChI=1S/C16H14FNO/c17-12-6-8-13(9-7-12)18-16(19)15-10-14(15)11-4-2-1-3-5-11/h1-9,14-15H,10H2,(H,18,19)/t14-,15?/m0/s1. The lowest BCUT2D eigenvalue weighted by Gasteiger charge is -2.04. The van der Waals surface area contributed by atoms with E-state index in [9.17, 15) is 9.18 Å². The summed E-state index contributed by atoms with van der Waals surface area (Å²) in [6.45, 7) is 0. The number of rotatable bonds is 3. The summed E-state index contributed by atoms with van der Waals surface area (Å²) >= 11 is 0. The maximum atomic E-state index is 12.8. The monoisotopic (exact) mass is 255 g/mol. The number of benzene rings is 2. The highest BCUT2D eigenvalue weighted by Crippen LogP contribution is 2.47. The first kappa shape index (κ1) is 11.9. The van der Waals surface area contributed by atoms with E-state index in [1.165, 1.54) is 17.7 Å². The summed E-state index contributed by atoms with van der Waals surface area (Å²) in [5.74, 6) is 0.0705. The molecule has 0 bridgehead atoms. The molecule has 0 heterocycles. The summed E-state index contributed by atoms with van der Waals surface area (Å²) in [7, 11) is 0. The zero-order valence-electron chi connectivity index (χ0n) is 10.3. The van der Waals surface area contributed by atoms with E-state index < -0.39 is 0 Å². The van der Waals surface area contributed by atoms with Crippen LogP contribution in [0.1, 0.15) is 17.9 Å². The van der Waals surface area contributed by atoms with Gasteiger partial charge in [0.2, 0.25) is 5.91 Å². The van der Waals surface area contributed by atoms with Crippen molar-refractivity contribution < 1.29 is 9.18 Å². The highest BCUT2D eigenvalue weighted by molar-refractivity contribution is 5.95. The first-order chi connectivity index (χ1) is 9.24. The van der Waals surface area contributed by atoms with Gasteiger partial charge in [0.25, 0.3) is 0 Å². The van der Waals surface area contributed by atoms with Crippen molar-refractivity contribution in [2.24, 2.45) is 5.92 Å². The molecule has 0 aliphatic heterocycles. The molecule has 2 aromatic carbocycles. The average molecular weight is 255 g/mol. The van der Waals surface area contributed by atoms with Crippen LogP contribution in [0.5, 0.6) is 0 Å². The number of carbonyl (C=O) groups excluding carboxylic acids is 1. The summed E-state index contributed by atoms with van der Waals surface area (Å²) in [4.78, 5) is 12.0. The van der Waals surface area contributed by atoms with Gasteiger partial charge in [0.15, 0.2) is 0 Å². The van der Waals surface area contributed by atoms with Gasteiger partial charge in [-0.2, -0.15) is 0 Å². The molecule has 1 N–H and O–H groups in total. The third-order valence-corrected chi connectivity index (χ3v) is 3.47. The van der Waals surface area contributed by atoms with E-state index in [0.717, 1.165) is 6.42 Å². The molecule has 0 saturated heterocycles. The van der Waals surface area contributed by atoms with Crippen LogP contribution in [0.25, 0.3) is 0 Å². The van der Waals surface area contributed by atoms with E-state index in [1.54, 1.807) is 12.1 Å². The second-order valence-electron chi connectivity index (χ2n) is 4.86. The van der Waals surface area contributed by atoms with Crippen LogP contribution in [0.15, 0.2) is 54.6 Å². The van der Waals surface area contributed by atoms with Gasteiger partial charge in [-0.05, 0) is 42.2 Å². The lowest BCUT2D eigenvalue weighted by molar-refractivity contribution is -0.117. The first-order valence-electron chi connectivity index (χ1n) is 6.35. The van der Waals surface area contributed by atoms with E-state index in [0.29, 0.717) is 11.6 Å². The highest BCUT2D eigenvalue weighted by Gasteiger charge is 2.43. The van der Waals surface area contributed by atoms with Gasteiger partial charge in [-0.3, -0.25) is 4.79 Å². The molecule has 0 spiro atoms. The van der Waals surface area contributed by atoms with Crippen molar-refractivity contribution in [2.45, 2.75) is 12.3 Å². The fourth-order valence-corrected chi connectivity index (χ4v) is 2.32. The van der Waals surface area contributed by atoms with E-state index in [2.05, 4.69) is 17.4 Å². The van der Waals surface area contributed by atoms with Crippen molar-refractivity contribution in [2.75, 3.05) is 5.32 Å². The Bertz CT molecular complexity index is 579. The summed E-state index contributed by atoms with van der Waals surface area (Å²) in [5.41, 5.74) is 1.85. The number of hydrogen-bond acceptors (Lipinski definition) is 1. The second kappa shape index (κ2) is 4.84. The van der Waals surface area contributed by atoms with Crippen molar-refractivity contribution in [1.29, 1.82) is 0 Å². The Kier molecular flexibility index (Phi) is 3.03. The van der Waals surface area contributed by atoms with Crippen LogP contribution in [-0.2, 0) is 4.79 Å². The van der Waals surface area contributed by atoms with Gasteiger partial charge in [0, 0.05) is 11.6 Å². The Morgan fingerprint density at radius 3 is 2.42 bits per heavy atom. The van der Waals surface area contributed by atoms with Gasteiger partial charge in [-0.25, -0.2) is 4.39 Å². The van der Waals surface area contributed by atoms with Gasteiger partial charge in [0.1, 0.15) is 5.82 Å². The van der Waals surface area contributed by atoms with Crippen LogP contribution in [0, 0.1) is 11.7 Å². The second-order valence-corrected chi connectivity index (χ2v) is 4.86. The lowest BCUT2D eigenvalue weighted by Crippen LogP contribution is -2.14. The molecule has 2 nitrogen and oxygen atoms in total. The van der Waals surface area contributed by atoms with Crippen LogP contribution < -0.4 is 5.32 Å². The normalized spacial score (nSPS) is 20.9. The fraction of sp³-hybridized carbons (Fsp3) is 0.188. The SMILES string of the molecule is O=C(Nc1ccc(F)cc1)C1C[C@H]1c1ccccc1. The molecule has 3 heteroatoms. The molecule has 1 fully saturated rings. The molecule has 1 unspecified atom stereocenters. The molecule has 1 aliphatic carbocycles. The van der Waals surface area contributed by atoms with Crippen molar-refractivity contribution in [3.63, 3.8) is 0 Å².